The fraction of sp³-hybridized carbons (Fsp3) is 0.0909. The molecule has 0 fully saturated rings. The molecule has 0 aliphatic heterocycles. The third-order valence-electron chi connectivity index (χ3n) is 2.51. The first kappa shape index (κ1) is 9.08. The normalized spacial score (nSPS) is 11.1. The molecule has 1 aromatic carbocycles. The Morgan fingerprint density at radius 1 is 1.31 bits per heavy atom. The van der Waals surface area contributed by atoms with E-state index in [0.29, 0.717) is 11.5 Å². The summed E-state index contributed by atoms with van der Waals surface area (Å²) < 4.78 is 13.5. The van der Waals surface area contributed by atoms with Gasteiger partial charge in [-0.1, -0.05) is 6.07 Å². The quantitative estimate of drug-likeness (QED) is 0.656. The van der Waals surface area contributed by atoms with Crippen LogP contribution in [0.4, 0.5) is 4.39 Å². The molecule has 0 unspecified atom stereocenters. The fourth-order valence-electron chi connectivity index (χ4n) is 1.75. The molecule has 2 N–H and O–H groups in total. The van der Waals surface area contributed by atoms with Crippen molar-refractivity contribution >= 4 is 10.9 Å². The van der Waals surface area contributed by atoms with Crippen LogP contribution in [-0.2, 0) is 0 Å². The topological polar surface area (TPSA) is 57.4 Å². The molecule has 0 aliphatic carbocycles. The summed E-state index contributed by atoms with van der Waals surface area (Å²) in [5.41, 5.74) is 2.12. The van der Waals surface area contributed by atoms with Crippen LogP contribution in [0.25, 0.3) is 22.2 Å². The van der Waals surface area contributed by atoms with Crippen LogP contribution in [0.5, 0.6) is 0 Å². The highest BCUT2D eigenvalue weighted by Gasteiger charge is 2.10. The van der Waals surface area contributed by atoms with Gasteiger partial charge in [-0.3, -0.25) is 5.10 Å². The van der Waals surface area contributed by atoms with E-state index < -0.39 is 5.95 Å². The van der Waals surface area contributed by atoms with Crippen molar-refractivity contribution < 1.29 is 4.39 Å². The number of H-pyrrole nitrogens is 2. The monoisotopic (exact) mass is 216 g/mol. The Hall–Kier alpha value is -2.17. The van der Waals surface area contributed by atoms with Crippen molar-refractivity contribution in [3.8, 4) is 11.3 Å². The van der Waals surface area contributed by atoms with Gasteiger partial charge in [-0.15, -0.1) is 0 Å². The van der Waals surface area contributed by atoms with E-state index in [1.54, 1.807) is 13.1 Å². The lowest BCUT2D eigenvalue weighted by Crippen LogP contribution is -1.82. The Morgan fingerprint density at radius 3 is 2.94 bits per heavy atom. The summed E-state index contributed by atoms with van der Waals surface area (Å²) in [7, 11) is 0. The van der Waals surface area contributed by atoms with Gasteiger partial charge in [0, 0.05) is 10.9 Å². The largest absolute Gasteiger partial charge is 0.340 e. The molecule has 0 aliphatic rings. The van der Waals surface area contributed by atoms with Gasteiger partial charge in [0.05, 0.1) is 11.7 Å². The highest BCUT2D eigenvalue weighted by molar-refractivity contribution is 5.83. The van der Waals surface area contributed by atoms with Crippen LogP contribution in [0.2, 0.25) is 0 Å². The molecule has 0 saturated carbocycles. The molecule has 2 aromatic heterocycles. The molecule has 16 heavy (non-hydrogen) atoms. The third kappa shape index (κ3) is 1.29. The van der Waals surface area contributed by atoms with Gasteiger partial charge in [-0.25, -0.2) is 4.98 Å². The van der Waals surface area contributed by atoms with Crippen molar-refractivity contribution in [2.24, 2.45) is 0 Å². The molecule has 3 rings (SSSR count). The molecule has 80 valence electrons. The molecular weight excluding hydrogens is 207 g/mol. The Kier molecular flexibility index (Phi) is 1.80. The van der Waals surface area contributed by atoms with Crippen molar-refractivity contribution in [2.45, 2.75) is 6.92 Å². The number of rotatable bonds is 1. The highest BCUT2D eigenvalue weighted by Crippen LogP contribution is 2.23. The maximum atomic E-state index is 13.5. The minimum absolute atomic E-state index is 0.417. The summed E-state index contributed by atoms with van der Waals surface area (Å²) in [5, 5.41) is 7.72. The van der Waals surface area contributed by atoms with Gasteiger partial charge in [0.15, 0.2) is 0 Å². The Labute approximate surface area is 90.5 Å². The average Bonchev–Trinajstić information content (AvgIpc) is 2.83. The molecular formula is C11H9FN4. The Bertz CT molecular complexity index is 653. The van der Waals surface area contributed by atoms with Crippen LogP contribution in [0.15, 0.2) is 24.4 Å². The smallest absolute Gasteiger partial charge is 0.238 e. The van der Waals surface area contributed by atoms with Crippen LogP contribution in [0.1, 0.15) is 5.82 Å². The Morgan fingerprint density at radius 2 is 2.19 bits per heavy atom. The number of nitrogens with one attached hydrogen (secondary N) is 2. The minimum atomic E-state index is -0.472. The van der Waals surface area contributed by atoms with Gasteiger partial charge in [-0.05, 0) is 19.1 Å². The fourth-order valence-corrected chi connectivity index (χ4v) is 1.75. The van der Waals surface area contributed by atoms with E-state index in [2.05, 4.69) is 20.2 Å². The number of hydrogen-bond acceptors (Lipinski definition) is 2. The van der Waals surface area contributed by atoms with E-state index in [9.17, 15) is 4.39 Å². The zero-order valence-electron chi connectivity index (χ0n) is 8.58. The minimum Gasteiger partial charge on any atom is -0.340 e. The lowest BCUT2D eigenvalue weighted by Gasteiger charge is -1.97. The summed E-state index contributed by atoms with van der Waals surface area (Å²) in [5.74, 6) is 0.0973. The first-order valence-electron chi connectivity index (χ1n) is 4.89. The number of imidazole rings is 1. The molecule has 4 nitrogen and oxygen atoms in total. The van der Waals surface area contributed by atoms with Crippen LogP contribution >= 0.6 is 0 Å². The molecule has 2 heterocycles. The van der Waals surface area contributed by atoms with Crippen molar-refractivity contribution in [1.82, 2.24) is 20.2 Å². The number of halogens is 1. The van der Waals surface area contributed by atoms with Crippen molar-refractivity contribution in [2.75, 3.05) is 0 Å². The standard InChI is InChI=1S/C11H9FN4/c1-6-14-10(11(12)15-6)7-2-3-9-8(4-7)5-13-16-9/h2-5H,1H3,(H,13,16)(H,14,15). The van der Waals surface area contributed by atoms with E-state index in [4.69, 9.17) is 0 Å². The van der Waals surface area contributed by atoms with Gasteiger partial charge >= 0.3 is 0 Å². The first-order valence-corrected chi connectivity index (χ1v) is 4.89. The zero-order valence-corrected chi connectivity index (χ0v) is 8.58. The second-order valence-electron chi connectivity index (χ2n) is 3.66. The SMILES string of the molecule is Cc1nc(F)c(-c2ccc3[nH]ncc3c2)[nH]1. The van der Waals surface area contributed by atoms with E-state index in [0.717, 1.165) is 16.5 Å². The molecule has 0 spiro atoms. The predicted molar refractivity (Wildman–Crippen MR) is 58.4 cm³/mol. The molecule has 5 heteroatoms. The maximum Gasteiger partial charge on any atom is 0.238 e. The van der Waals surface area contributed by atoms with Crippen molar-refractivity contribution in [3.05, 3.63) is 36.2 Å². The summed E-state index contributed by atoms with van der Waals surface area (Å²) in [6.07, 6.45) is 1.71. The van der Waals surface area contributed by atoms with E-state index >= 15 is 0 Å². The summed E-state index contributed by atoms with van der Waals surface area (Å²) >= 11 is 0. The van der Waals surface area contributed by atoms with Crippen molar-refractivity contribution in [1.29, 1.82) is 0 Å². The van der Waals surface area contributed by atoms with E-state index in [1.807, 2.05) is 18.2 Å². The van der Waals surface area contributed by atoms with Gasteiger partial charge in [0.2, 0.25) is 5.95 Å². The lowest BCUT2D eigenvalue weighted by atomic mass is 10.1. The highest BCUT2D eigenvalue weighted by atomic mass is 19.1. The molecule has 3 aromatic rings. The predicted octanol–water partition coefficient (Wildman–Crippen LogP) is 2.40. The molecule has 0 amide bonds. The third-order valence-corrected chi connectivity index (χ3v) is 2.51. The van der Waals surface area contributed by atoms with Gasteiger partial charge in [-0.2, -0.15) is 9.49 Å². The average molecular weight is 216 g/mol. The van der Waals surface area contributed by atoms with E-state index in [-0.39, 0.29) is 0 Å². The second kappa shape index (κ2) is 3.16. The van der Waals surface area contributed by atoms with Crippen LogP contribution < -0.4 is 0 Å². The summed E-state index contributed by atoms with van der Waals surface area (Å²) in [6, 6.07) is 5.57. The number of aromatic amines is 2. The number of nitrogens with zero attached hydrogens (tertiary/aromatic N) is 2. The summed E-state index contributed by atoms with van der Waals surface area (Å²) in [4.78, 5) is 6.61. The second-order valence-corrected chi connectivity index (χ2v) is 3.66. The van der Waals surface area contributed by atoms with Gasteiger partial charge in [0.1, 0.15) is 11.5 Å². The number of fused-ring (bicyclic) bond motifs is 1. The van der Waals surface area contributed by atoms with Crippen LogP contribution in [0.3, 0.4) is 0 Å². The number of aryl methyl sites for hydroxylation is 1. The molecule has 0 radical (unpaired) electrons. The van der Waals surface area contributed by atoms with Crippen LogP contribution in [0, 0.1) is 12.9 Å². The van der Waals surface area contributed by atoms with Gasteiger partial charge < -0.3 is 4.98 Å². The summed E-state index contributed by atoms with van der Waals surface area (Å²) in [6.45, 7) is 1.73. The first-order chi connectivity index (χ1) is 7.74. The maximum absolute atomic E-state index is 13.5. The number of aromatic nitrogens is 4. The lowest BCUT2D eigenvalue weighted by molar-refractivity contribution is 0.592. The van der Waals surface area contributed by atoms with Crippen molar-refractivity contribution in [3.63, 3.8) is 0 Å². The molecule has 0 bridgehead atoms. The van der Waals surface area contributed by atoms with Gasteiger partial charge in [0.25, 0.3) is 0 Å². The van der Waals surface area contributed by atoms with E-state index in [1.165, 1.54) is 0 Å². The number of hydrogen-bond donors (Lipinski definition) is 2. The number of benzene rings is 1. The Balaban J connectivity index is 2.21. The zero-order chi connectivity index (χ0) is 11.1. The molecule has 0 saturated heterocycles. The van der Waals surface area contributed by atoms with Crippen LogP contribution in [-0.4, -0.2) is 20.2 Å². The molecule has 0 atom stereocenters.